The fraction of sp³-hybridized carbons (Fsp3) is 0.526. The van der Waals surface area contributed by atoms with Crippen LogP contribution in [-0.2, 0) is 34.3 Å². The molecule has 0 bridgehead atoms. The van der Waals surface area contributed by atoms with Crippen LogP contribution in [0.25, 0.3) is 0 Å². The summed E-state index contributed by atoms with van der Waals surface area (Å²) in [5.74, 6) is 0.411. The third kappa shape index (κ3) is 6.71. The van der Waals surface area contributed by atoms with E-state index in [-0.39, 0.29) is 43.3 Å². The second-order valence-corrected chi connectivity index (χ2v) is 13.9. The molecule has 0 heterocycles. The minimum absolute atomic E-state index is 0. The zero-order valence-corrected chi connectivity index (χ0v) is 22.1. The van der Waals surface area contributed by atoms with Gasteiger partial charge in [0.2, 0.25) is 0 Å². The molecule has 0 radical (unpaired) electrons. The van der Waals surface area contributed by atoms with Crippen LogP contribution in [0.4, 0.5) is 0 Å². The summed E-state index contributed by atoms with van der Waals surface area (Å²) in [6, 6.07) is 1.06. The van der Waals surface area contributed by atoms with Gasteiger partial charge < -0.3 is 35.6 Å². The van der Waals surface area contributed by atoms with Gasteiger partial charge in [-0.05, 0) is 6.04 Å². The largest absolute Gasteiger partial charge is 4.00 e. The summed E-state index contributed by atoms with van der Waals surface area (Å²) >= 11 is 0. The number of rotatable bonds is 8. The molecule has 0 amide bonds. The summed E-state index contributed by atoms with van der Waals surface area (Å²) in [5.41, 5.74) is 1.35. The zero-order chi connectivity index (χ0) is 16.3. The summed E-state index contributed by atoms with van der Waals surface area (Å²) in [5, 5.41) is 2.58. The van der Waals surface area contributed by atoms with Gasteiger partial charge in [-0.3, -0.25) is 6.08 Å². The molecule has 0 N–H and O–H groups in total. The van der Waals surface area contributed by atoms with Crippen molar-refractivity contribution in [2.45, 2.75) is 39.4 Å². The normalized spacial score (nSPS) is 14.0. The van der Waals surface area contributed by atoms with Crippen molar-refractivity contribution in [3.05, 3.63) is 57.0 Å². The molecular formula is C19H38O3PtSi2. The van der Waals surface area contributed by atoms with Gasteiger partial charge in [-0.2, -0.15) is 5.57 Å². The van der Waals surface area contributed by atoms with Gasteiger partial charge in [0, 0.05) is 29.4 Å². The molecular weight excluding hydrogens is 527 g/mol. The van der Waals surface area contributed by atoms with E-state index in [0.717, 1.165) is 12.5 Å². The van der Waals surface area contributed by atoms with Crippen LogP contribution in [0, 0.1) is 34.3 Å². The molecule has 0 atom stereocenters. The van der Waals surface area contributed by atoms with Crippen molar-refractivity contribution in [2.75, 3.05) is 21.3 Å². The summed E-state index contributed by atoms with van der Waals surface area (Å²) < 4.78 is 17.1. The zero-order valence-electron chi connectivity index (χ0n) is 17.8. The maximum absolute atomic E-state index is 5.70. The van der Waals surface area contributed by atoms with E-state index in [1.807, 2.05) is 6.08 Å². The van der Waals surface area contributed by atoms with Crippen LogP contribution in [0.5, 0.6) is 0 Å². The van der Waals surface area contributed by atoms with Crippen molar-refractivity contribution in [1.82, 2.24) is 0 Å². The molecule has 0 spiro atoms. The van der Waals surface area contributed by atoms with Gasteiger partial charge in [0.05, 0.1) is 0 Å². The maximum Gasteiger partial charge on any atom is 4.00 e. The summed E-state index contributed by atoms with van der Waals surface area (Å²) in [4.78, 5) is 0. The third-order valence-corrected chi connectivity index (χ3v) is 10.0. The summed E-state index contributed by atoms with van der Waals surface area (Å²) in [7, 11) is 0.694. The Hall–Kier alpha value is 0.222. The summed E-state index contributed by atoms with van der Waals surface area (Å²) in [6.45, 7) is 13.1. The Morgan fingerprint density at radius 2 is 1.52 bits per heavy atom. The molecule has 0 aromatic rings. The Labute approximate surface area is 174 Å². The van der Waals surface area contributed by atoms with Crippen LogP contribution in [0.1, 0.15) is 20.3 Å². The predicted molar refractivity (Wildman–Crippen MR) is 112 cm³/mol. The quantitative estimate of drug-likeness (QED) is 0.228. The first-order chi connectivity index (χ1) is 9.79. The van der Waals surface area contributed by atoms with Crippen molar-refractivity contribution < 1.29 is 34.3 Å². The standard InChI is InChI=1S/C16H29O3Si2.3CH3.Pt/c1-9-12-20(7,8)14-10-11-15(16(14)13(2)3)21(17-4,18-5)19-6;;;;/h9,13H,1,11-12H2,2-8H3;3*1H3;/q4*-1;+4. The SMILES string of the molecule is C=CC[Si](C)(C)C1=[C-]CC([Si](OC)(OC)OC)=C1C(C)C.[CH3-].[CH3-].[CH3-].[Pt+4]. The Morgan fingerprint density at radius 1 is 1.08 bits per heavy atom. The van der Waals surface area contributed by atoms with Gasteiger partial charge in [-0.1, -0.05) is 44.1 Å². The van der Waals surface area contributed by atoms with Gasteiger partial charge >= 0.3 is 29.9 Å². The average molecular weight is 566 g/mol. The van der Waals surface area contributed by atoms with Crippen LogP contribution < -0.4 is 0 Å². The molecule has 0 fully saturated rings. The van der Waals surface area contributed by atoms with Gasteiger partial charge in [-0.25, -0.2) is 5.20 Å². The van der Waals surface area contributed by atoms with Crippen LogP contribution in [0.15, 0.2) is 28.6 Å². The van der Waals surface area contributed by atoms with Crippen LogP contribution in [0.3, 0.4) is 0 Å². The molecule has 1 aliphatic carbocycles. The van der Waals surface area contributed by atoms with Gasteiger partial charge in [0.15, 0.2) is 0 Å². The monoisotopic (exact) mass is 565 g/mol. The summed E-state index contributed by atoms with van der Waals surface area (Å²) in [6.07, 6.45) is 6.42. The van der Waals surface area contributed by atoms with E-state index in [1.165, 1.54) is 16.0 Å². The van der Waals surface area contributed by atoms with E-state index in [9.17, 15) is 0 Å². The Balaban J connectivity index is -0.000000551. The molecule has 1 rings (SSSR count). The molecule has 0 saturated heterocycles. The van der Waals surface area contributed by atoms with Crippen LogP contribution in [0.2, 0.25) is 19.1 Å². The minimum Gasteiger partial charge on any atom is -0.374 e. The third-order valence-electron chi connectivity index (χ3n) is 4.12. The molecule has 25 heavy (non-hydrogen) atoms. The topological polar surface area (TPSA) is 27.7 Å². The molecule has 1 aliphatic rings. The first kappa shape index (κ1) is 32.9. The maximum atomic E-state index is 5.70. The Morgan fingerprint density at radius 3 is 1.84 bits per heavy atom. The van der Waals surface area contributed by atoms with Crippen LogP contribution in [-0.4, -0.2) is 38.2 Å². The fourth-order valence-electron chi connectivity index (χ4n) is 3.11. The number of allylic oxidation sites excluding steroid dienone is 5. The first-order valence-electron chi connectivity index (χ1n) is 7.41. The molecule has 0 aromatic heterocycles. The molecule has 0 unspecified atom stereocenters. The van der Waals surface area contributed by atoms with E-state index in [2.05, 4.69) is 39.6 Å². The molecule has 0 aromatic carbocycles. The van der Waals surface area contributed by atoms with Crippen LogP contribution >= 0.6 is 0 Å². The van der Waals surface area contributed by atoms with Gasteiger partial charge in [-0.15, -0.1) is 13.0 Å². The van der Waals surface area contributed by atoms with E-state index in [1.54, 1.807) is 21.3 Å². The molecule has 3 nitrogen and oxygen atoms in total. The number of hydrogen-bond donors (Lipinski definition) is 0. The average Bonchev–Trinajstić information content (AvgIpc) is 2.88. The van der Waals surface area contributed by atoms with E-state index >= 15 is 0 Å². The molecule has 6 heteroatoms. The molecule has 0 aliphatic heterocycles. The minimum atomic E-state index is -2.76. The molecule has 150 valence electrons. The van der Waals surface area contributed by atoms with Crippen molar-refractivity contribution in [3.8, 4) is 0 Å². The van der Waals surface area contributed by atoms with Crippen molar-refractivity contribution >= 4 is 16.9 Å². The predicted octanol–water partition coefficient (Wildman–Crippen LogP) is 5.27. The van der Waals surface area contributed by atoms with Gasteiger partial charge in [0.1, 0.15) is 0 Å². The Kier molecular flexibility index (Phi) is 17.6. The second-order valence-electron chi connectivity index (χ2n) is 6.32. The van der Waals surface area contributed by atoms with E-state index in [4.69, 9.17) is 13.3 Å². The first-order valence-corrected chi connectivity index (χ1v) is 12.3. The fourth-order valence-corrected chi connectivity index (χ4v) is 8.19. The van der Waals surface area contributed by atoms with Gasteiger partial charge in [0.25, 0.3) is 0 Å². The van der Waals surface area contributed by atoms with Crippen molar-refractivity contribution in [1.29, 1.82) is 0 Å². The van der Waals surface area contributed by atoms with Crippen molar-refractivity contribution in [2.24, 2.45) is 5.92 Å². The Bertz CT molecular complexity index is 445. The molecule has 0 saturated carbocycles. The van der Waals surface area contributed by atoms with E-state index < -0.39 is 16.9 Å². The van der Waals surface area contributed by atoms with Crippen molar-refractivity contribution in [3.63, 3.8) is 0 Å². The second kappa shape index (κ2) is 13.4. The number of hydrogen-bond acceptors (Lipinski definition) is 3. The smallest absolute Gasteiger partial charge is 0.374 e. The van der Waals surface area contributed by atoms with E-state index in [0.29, 0.717) is 5.92 Å².